The second kappa shape index (κ2) is 4.00. The van der Waals surface area contributed by atoms with Gasteiger partial charge in [-0.25, -0.2) is 4.68 Å². The van der Waals surface area contributed by atoms with Crippen LogP contribution < -0.4 is 0 Å². The lowest BCUT2D eigenvalue weighted by Crippen LogP contribution is -2.19. The molecule has 5 heteroatoms. The molecular weight excluding hydrogens is 194 g/mol. The van der Waals surface area contributed by atoms with Gasteiger partial charge in [-0.3, -0.25) is 4.79 Å². The minimum atomic E-state index is -0.716. The Hall–Kier alpha value is -1.39. The van der Waals surface area contributed by atoms with E-state index in [1.807, 2.05) is 11.6 Å². The van der Waals surface area contributed by atoms with Crippen molar-refractivity contribution in [2.45, 2.75) is 39.2 Å². The van der Waals surface area contributed by atoms with E-state index in [0.29, 0.717) is 0 Å². The molecule has 0 aliphatic heterocycles. The van der Waals surface area contributed by atoms with Crippen molar-refractivity contribution in [3.05, 3.63) is 11.4 Å². The molecule has 0 radical (unpaired) electrons. The van der Waals surface area contributed by atoms with Gasteiger partial charge in [0.05, 0.1) is 11.4 Å². The van der Waals surface area contributed by atoms with E-state index in [-0.39, 0.29) is 12.3 Å². The van der Waals surface area contributed by atoms with Crippen LogP contribution in [0.25, 0.3) is 0 Å². The summed E-state index contributed by atoms with van der Waals surface area (Å²) in [7, 11) is 0. The second-order valence-corrected chi connectivity index (χ2v) is 4.01. The van der Waals surface area contributed by atoms with Crippen molar-refractivity contribution in [3.63, 3.8) is 0 Å². The van der Waals surface area contributed by atoms with Gasteiger partial charge in [0, 0.05) is 13.0 Å². The number of hydrogen-bond donors (Lipinski definition) is 1. The Morgan fingerprint density at radius 1 is 1.67 bits per heavy atom. The van der Waals surface area contributed by atoms with E-state index in [2.05, 4.69) is 10.3 Å². The molecule has 1 aromatic heterocycles. The first-order chi connectivity index (χ1) is 7.20. The Labute approximate surface area is 88.1 Å². The molecule has 0 spiro atoms. The van der Waals surface area contributed by atoms with Gasteiger partial charge < -0.3 is 5.11 Å². The molecule has 1 aromatic rings. The first-order valence-electron chi connectivity index (χ1n) is 5.33. The van der Waals surface area contributed by atoms with Crippen LogP contribution in [0, 0.1) is 5.92 Å². The van der Waals surface area contributed by atoms with Crippen molar-refractivity contribution >= 4 is 5.97 Å². The topological polar surface area (TPSA) is 68.0 Å². The third-order valence-electron chi connectivity index (χ3n) is 2.95. The summed E-state index contributed by atoms with van der Waals surface area (Å²) in [5, 5.41) is 16.9. The molecule has 2 rings (SSSR count). The second-order valence-electron chi connectivity index (χ2n) is 4.01. The third kappa shape index (κ3) is 2.00. The smallest absolute Gasteiger partial charge is 0.303 e. The lowest BCUT2D eigenvalue weighted by molar-refractivity contribution is -0.138. The van der Waals surface area contributed by atoms with Gasteiger partial charge >= 0.3 is 5.97 Å². The number of fused-ring (bicyclic) bond motifs is 1. The summed E-state index contributed by atoms with van der Waals surface area (Å²) >= 11 is 0. The molecule has 0 fully saturated rings. The molecule has 0 aromatic carbocycles. The quantitative estimate of drug-likeness (QED) is 0.802. The highest BCUT2D eigenvalue weighted by Crippen LogP contribution is 2.25. The normalized spacial score (nSPS) is 19.9. The number of aromatic nitrogens is 3. The van der Waals surface area contributed by atoms with Gasteiger partial charge in [-0.15, -0.1) is 5.10 Å². The number of nitrogens with zero attached hydrogens (tertiary/aromatic N) is 3. The van der Waals surface area contributed by atoms with E-state index in [4.69, 9.17) is 5.11 Å². The average molecular weight is 209 g/mol. The Kier molecular flexibility index (Phi) is 2.70. The van der Waals surface area contributed by atoms with E-state index < -0.39 is 5.97 Å². The number of aryl methyl sites for hydroxylation is 1. The van der Waals surface area contributed by atoms with E-state index in [0.717, 1.165) is 31.5 Å². The molecule has 82 valence electrons. The molecule has 0 saturated carbocycles. The Morgan fingerprint density at radius 3 is 3.13 bits per heavy atom. The molecule has 1 N–H and O–H groups in total. The van der Waals surface area contributed by atoms with Gasteiger partial charge in [0.15, 0.2) is 0 Å². The number of carboxylic acids is 1. The molecule has 0 bridgehead atoms. The lowest BCUT2D eigenvalue weighted by atomic mass is 9.87. The summed E-state index contributed by atoms with van der Waals surface area (Å²) in [5.41, 5.74) is 2.19. The highest BCUT2D eigenvalue weighted by molar-refractivity contribution is 5.67. The molecule has 1 unspecified atom stereocenters. The summed E-state index contributed by atoms with van der Waals surface area (Å²) < 4.78 is 1.91. The summed E-state index contributed by atoms with van der Waals surface area (Å²) in [6.07, 6.45) is 2.86. The van der Waals surface area contributed by atoms with Crippen molar-refractivity contribution < 1.29 is 9.90 Å². The van der Waals surface area contributed by atoms with Crippen LogP contribution in [0.3, 0.4) is 0 Å². The van der Waals surface area contributed by atoms with E-state index >= 15 is 0 Å². The molecule has 1 heterocycles. The first kappa shape index (κ1) is 10.1. The minimum Gasteiger partial charge on any atom is -0.481 e. The maximum atomic E-state index is 10.6. The minimum absolute atomic E-state index is 0.233. The molecule has 0 saturated heterocycles. The van der Waals surface area contributed by atoms with Gasteiger partial charge in [-0.05, 0) is 32.1 Å². The van der Waals surface area contributed by atoms with E-state index in [9.17, 15) is 4.79 Å². The van der Waals surface area contributed by atoms with Crippen molar-refractivity contribution in [1.82, 2.24) is 15.0 Å². The van der Waals surface area contributed by atoms with Crippen LogP contribution in [0.2, 0.25) is 0 Å². The summed E-state index contributed by atoms with van der Waals surface area (Å²) in [5.74, 6) is -0.483. The third-order valence-corrected chi connectivity index (χ3v) is 2.95. The number of rotatable bonds is 3. The Morgan fingerprint density at radius 2 is 2.47 bits per heavy atom. The first-order valence-corrected chi connectivity index (χ1v) is 5.33. The van der Waals surface area contributed by atoms with Gasteiger partial charge in [0.2, 0.25) is 0 Å². The van der Waals surface area contributed by atoms with Gasteiger partial charge in [0.25, 0.3) is 0 Å². The van der Waals surface area contributed by atoms with Crippen LogP contribution in [0.4, 0.5) is 0 Å². The predicted octanol–water partition coefficient (Wildman–Crippen LogP) is 0.878. The number of hydrogen-bond acceptors (Lipinski definition) is 3. The zero-order valence-electron chi connectivity index (χ0n) is 8.81. The van der Waals surface area contributed by atoms with Crippen molar-refractivity contribution in [2.75, 3.05) is 0 Å². The van der Waals surface area contributed by atoms with Crippen LogP contribution in [0.1, 0.15) is 31.2 Å². The molecule has 15 heavy (non-hydrogen) atoms. The lowest BCUT2D eigenvalue weighted by Gasteiger charge is -2.19. The highest BCUT2D eigenvalue weighted by atomic mass is 16.4. The molecule has 0 amide bonds. The SMILES string of the molecule is CCn1nnc2c1CCC(CC(=O)O)C2. The maximum Gasteiger partial charge on any atom is 0.303 e. The molecule has 5 nitrogen and oxygen atoms in total. The van der Waals surface area contributed by atoms with Crippen molar-refractivity contribution in [1.29, 1.82) is 0 Å². The van der Waals surface area contributed by atoms with Crippen molar-refractivity contribution in [2.24, 2.45) is 5.92 Å². The molecule has 1 aliphatic rings. The van der Waals surface area contributed by atoms with E-state index in [1.165, 1.54) is 5.69 Å². The van der Waals surface area contributed by atoms with Crippen molar-refractivity contribution in [3.8, 4) is 0 Å². The summed E-state index contributed by atoms with van der Waals surface area (Å²) in [6, 6.07) is 0. The Balaban J connectivity index is 2.10. The maximum absolute atomic E-state index is 10.6. The monoisotopic (exact) mass is 209 g/mol. The fourth-order valence-electron chi connectivity index (χ4n) is 2.19. The zero-order valence-corrected chi connectivity index (χ0v) is 8.81. The Bertz CT molecular complexity index is 373. The highest BCUT2D eigenvalue weighted by Gasteiger charge is 2.24. The van der Waals surface area contributed by atoms with Gasteiger partial charge in [-0.1, -0.05) is 5.21 Å². The van der Waals surface area contributed by atoms with Crippen LogP contribution in [0.15, 0.2) is 0 Å². The fourth-order valence-corrected chi connectivity index (χ4v) is 2.19. The number of aliphatic carboxylic acids is 1. The largest absolute Gasteiger partial charge is 0.481 e. The van der Waals surface area contributed by atoms with Crippen LogP contribution in [-0.4, -0.2) is 26.1 Å². The zero-order chi connectivity index (χ0) is 10.8. The molecule has 1 aliphatic carbocycles. The van der Waals surface area contributed by atoms with Crippen LogP contribution in [0.5, 0.6) is 0 Å². The summed E-state index contributed by atoms with van der Waals surface area (Å²) in [6.45, 7) is 2.88. The van der Waals surface area contributed by atoms with Crippen LogP contribution in [-0.2, 0) is 24.2 Å². The number of carbonyl (C=O) groups is 1. The van der Waals surface area contributed by atoms with E-state index in [1.54, 1.807) is 0 Å². The molecule has 1 atom stereocenters. The number of carboxylic acid groups (broad SMARTS) is 1. The standard InChI is InChI=1S/C10H15N3O2/c1-2-13-9-4-3-7(6-10(14)15)5-8(9)11-12-13/h7H,2-6H2,1H3,(H,14,15). The van der Waals surface area contributed by atoms with Gasteiger partial charge in [0.1, 0.15) is 0 Å². The summed E-state index contributed by atoms with van der Waals surface area (Å²) in [4.78, 5) is 10.6. The van der Waals surface area contributed by atoms with Crippen LogP contribution >= 0.6 is 0 Å². The van der Waals surface area contributed by atoms with Gasteiger partial charge in [-0.2, -0.15) is 0 Å². The molecular formula is C10H15N3O2. The predicted molar refractivity (Wildman–Crippen MR) is 53.5 cm³/mol. The fraction of sp³-hybridized carbons (Fsp3) is 0.700. The average Bonchev–Trinajstić information content (AvgIpc) is 2.58.